The lowest BCUT2D eigenvalue weighted by molar-refractivity contribution is -0.946. The molecule has 3 nitrogen and oxygen atoms in total. The first-order chi connectivity index (χ1) is 16.4. The van der Waals surface area contributed by atoms with Crippen LogP contribution in [-0.4, -0.2) is 42.4 Å². The smallest absolute Gasteiger partial charge is 0.121 e. The van der Waals surface area contributed by atoms with Gasteiger partial charge in [-0.3, -0.25) is 0 Å². The zero-order valence-corrected chi connectivity index (χ0v) is 22.6. The standard InChI is InChI=1S/C31H38NO2.BrH/c1-25-9-6-11-27(23-25)31(33,28-12-7-10-26(2)24-28)30-15-19-32(20-16-30,21-17-30)18-8-22-34-29-13-4-3-5-14-29;/h3-7,9-14,23-24,33H,8,15-22H2,1-2H3;1H/q+1;/p-1. The number of quaternary nitrogens is 1. The third-order valence-electron chi connectivity index (χ3n) is 8.62. The van der Waals surface area contributed by atoms with Crippen molar-refractivity contribution in [2.75, 3.05) is 32.8 Å². The van der Waals surface area contributed by atoms with Crippen LogP contribution in [0.3, 0.4) is 0 Å². The molecule has 35 heavy (non-hydrogen) atoms. The number of piperidine rings is 3. The minimum absolute atomic E-state index is 0. The second-order valence-electron chi connectivity index (χ2n) is 10.7. The molecule has 0 spiro atoms. The van der Waals surface area contributed by atoms with Crippen molar-refractivity contribution in [1.29, 1.82) is 0 Å². The average Bonchev–Trinajstić information content (AvgIpc) is 2.88. The average molecular weight is 537 g/mol. The van der Waals surface area contributed by atoms with Gasteiger partial charge in [-0.25, -0.2) is 0 Å². The van der Waals surface area contributed by atoms with Gasteiger partial charge in [-0.2, -0.15) is 0 Å². The molecule has 3 aliphatic heterocycles. The summed E-state index contributed by atoms with van der Waals surface area (Å²) >= 11 is 0. The van der Waals surface area contributed by atoms with E-state index in [0.717, 1.165) is 75.3 Å². The minimum Gasteiger partial charge on any atom is -1.00 e. The maximum absolute atomic E-state index is 12.7. The van der Waals surface area contributed by atoms with Gasteiger partial charge in [-0.05, 0) is 37.1 Å². The Hall–Kier alpha value is -2.14. The number of rotatable bonds is 8. The number of nitrogens with zero attached hydrogens (tertiary/aromatic N) is 1. The molecule has 6 rings (SSSR count). The first-order valence-electron chi connectivity index (χ1n) is 12.8. The molecular formula is C31H38BrNO2. The van der Waals surface area contributed by atoms with E-state index in [1.54, 1.807) is 0 Å². The van der Waals surface area contributed by atoms with E-state index >= 15 is 0 Å². The number of aliphatic hydroxyl groups is 1. The number of ether oxygens (including phenoxy) is 1. The van der Waals surface area contributed by atoms with Crippen LogP contribution in [0, 0.1) is 19.3 Å². The molecule has 3 aliphatic rings. The van der Waals surface area contributed by atoms with Gasteiger partial charge in [0.2, 0.25) is 0 Å². The highest BCUT2D eigenvalue weighted by Gasteiger charge is 2.60. The van der Waals surface area contributed by atoms with E-state index in [1.165, 1.54) is 15.6 Å². The molecule has 0 amide bonds. The Morgan fingerprint density at radius 1 is 0.800 bits per heavy atom. The molecule has 0 radical (unpaired) electrons. The SMILES string of the molecule is Cc1cccc(C(O)(c2cccc(C)c2)C23CC[N+](CCCOc4ccccc4)(CC2)CC3)c1.[Br-]. The van der Waals surface area contributed by atoms with Crippen molar-refractivity contribution in [3.05, 3.63) is 101 Å². The Labute approximate surface area is 221 Å². The molecule has 3 fully saturated rings. The lowest BCUT2D eigenvalue weighted by atomic mass is 9.56. The summed E-state index contributed by atoms with van der Waals surface area (Å²) in [5.74, 6) is 0.958. The first-order valence-corrected chi connectivity index (χ1v) is 12.8. The normalized spacial score (nSPS) is 23.5. The van der Waals surface area contributed by atoms with E-state index in [9.17, 15) is 5.11 Å². The molecule has 3 aromatic rings. The Morgan fingerprint density at radius 2 is 1.34 bits per heavy atom. The summed E-state index contributed by atoms with van der Waals surface area (Å²) in [7, 11) is 0. The van der Waals surface area contributed by atoms with Crippen LogP contribution in [0.4, 0.5) is 0 Å². The Kier molecular flexibility index (Phi) is 7.75. The fourth-order valence-electron chi connectivity index (χ4n) is 6.57. The van der Waals surface area contributed by atoms with Crippen LogP contribution >= 0.6 is 0 Å². The van der Waals surface area contributed by atoms with Crippen LogP contribution in [0.2, 0.25) is 0 Å². The highest BCUT2D eigenvalue weighted by atomic mass is 79.9. The summed E-state index contributed by atoms with van der Waals surface area (Å²) in [6.45, 7) is 9.61. The summed E-state index contributed by atoms with van der Waals surface area (Å²) in [4.78, 5) is 0. The van der Waals surface area contributed by atoms with Crippen molar-refractivity contribution in [1.82, 2.24) is 0 Å². The number of para-hydroxylation sites is 1. The molecule has 0 aliphatic carbocycles. The Balaban J connectivity index is 0.00000289. The van der Waals surface area contributed by atoms with E-state index < -0.39 is 5.60 Å². The van der Waals surface area contributed by atoms with Gasteiger partial charge in [-0.15, -0.1) is 0 Å². The van der Waals surface area contributed by atoms with Gasteiger partial charge in [0.15, 0.2) is 0 Å². The predicted molar refractivity (Wildman–Crippen MR) is 138 cm³/mol. The van der Waals surface area contributed by atoms with Crippen molar-refractivity contribution < 1.29 is 31.3 Å². The van der Waals surface area contributed by atoms with Crippen LogP contribution in [0.25, 0.3) is 0 Å². The molecule has 3 aromatic carbocycles. The van der Waals surface area contributed by atoms with Crippen LogP contribution in [0.5, 0.6) is 5.75 Å². The number of benzene rings is 3. The number of aryl methyl sites for hydroxylation is 2. The zero-order chi connectivity index (χ0) is 23.7. The van der Waals surface area contributed by atoms with Crippen LogP contribution in [0.1, 0.15) is 47.9 Å². The lowest BCUT2D eigenvalue weighted by Crippen LogP contribution is -3.00. The summed E-state index contributed by atoms with van der Waals surface area (Å²) in [6.07, 6.45) is 4.25. The quantitative estimate of drug-likeness (QED) is 0.355. The Morgan fingerprint density at radius 3 is 1.86 bits per heavy atom. The molecule has 3 heterocycles. The molecule has 2 bridgehead atoms. The van der Waals surface area contributed by atoms with Crippen molar-refractivity contribution in [3.8, 4) is 5.75 Å². The van der Waals surface area contributed by atoms with Gasteiger partial charge >= 0.3 is 0 Å². The molecular weight excluding hydrogens is 498 g/mol. The third kappa shape index (κ3) is 4.94. The Bertz CT molecular complexity index is 1060. The highest BCUT2D eigenvalue weighted by molar-refractivity contribution is 5.42. The van der Waals surface area contributed by atoms with Gasteiger partial charge in [-0.1, -0.05) is 77.9 Å². The lowest BCUT2D eigenvalue weighted by Gasteiger charge is -2.60. The van der Waals surface area contributed by atoms with Crippen molar-refractivity contribution in [3.63, 3.8) is 0 Å². The molecule has 186 valence electrons. The fraction of sp³-hybridized carbons (Fsp3) is 0.419. The topological polar surface area (TPSA) is 29.5 Å². The second-order valence-corrected chi connectivity index (χ2v) is 10.7. The van der Waals surface area contributed by atoms with Crippen molar-refractivity contribution in [2.24, 2.45) is 5.41 Å². The summed E-state index contributed by atoms with van der Waals surface area (Å²) in [6, 6.07) is 27.2. The predicted octanol–water partition coefficient (Wildman–Crippen LogP) is 3.01. The minimum atomic E-state index is -0.960. The van der Waals surface area contributed by atoms with Gasteiger partial charge in [0.1, 0.15) is 11.4 Å². The number of hydrogen-bond donors (Lipinski definition) is 1. The first kappa shape index (κ1) is 25.9. The largest absolute Gasteiger partial charge is 1.00 e. The molecule has 1 N–H and O–H groups in total. The van der Waals surface area contributed by atoms with E-state index in [2.05, 4.69) is 62.4 Å². The van der Waals surface area contributed by atoms with E-state index in [4.69, 9.17) is 4.74 Å². The van der Waals surface area contributed by atoms with Crippen molar-refractivity contribution >= 4 is 0 Å². The van der Waals surface area contributed by atoms with Crippen LogP contribution < -0.4 is 21.7 Å². The maximum atomic E-state index is 12.7. The van der Waals surface area contributed by atoms with Crippen molar-refractivity contribution in [2.45, 2.75) is 45.1 Å². The maximum Gasteiger partial charge on any atom is 0.121 e. The molecule has 0 unspecified atom stereocenters. The third-order valence-corrected chi connectivity index (χ3v) is 8.62. The number of fused-ring (bicyclic) bond motifs is 3. The van der Waals surface area contributed by atoms with Crippen LogP contribution in [0.15, 0.2) is 78.9 Å². The van der Waals surface area contributed by atoms with E-state index in [0.29, 0.717) is 0 Å². The monoisotopic (exact) mass is 535 g/mol. The molecule has 0 aromatic heterocycles. The molecule has 0 atom stereocenters. The molecule has 3 saturated heterocycles. The molecule has 0 saturated carbocycles. The van der Waals surface area contributed by atoms with Gasteiger partial charge in [0.25, 0.3) is 0 Å². The van der Waals surface area contributed by atoms with E-state index in [1.807, 2.05) is 30.3 Å². The van der Waals surface area contributed by atoms with E-state index in [-0.39, 0.29) is 22.4 Å². The summed E-state index contributed by atoms with van der Waals surface area (Å²) in [5.41, 5.74) is 3.44. The van der Waals surface area contributed by atoms with Gasteiger partial charge in [0.05, 0.1) is 32.8 Å². The fourth-order valence-corrected chi connectivity index (χ4v) is 6.57. The number of hydrogen-bond acceptors (Lipinski definition) is 2. The summed E-state index contributed by atoms with van der Waals surface area (Å²) in [5, 5.41) is 12.7. The zero-order valence-electron chi connectivity index (χ0n) is 21.1. The highest BCUT2D eigenvalue weighted by Crippen LogP contribution is 2.57. The second kappa shape index (κ2) is 10.5. The van der Waals surface area contributed by atoms with Gasteiger partial charge < -0.3 is 31.3 Å². The summed E-state index contributed by atoms with van der Waals surface area (Å²) < 4.78 is 7.14. The van der Waals surface area contributed by atoms with Gasteiger partial charge in [0, 0.05) is 31.1 Å². The van der Waals surface area contributed by atoms with Crippen LogP contribution in [-0.2, 0) is 5.60 Å². The number of halogens is 1. The molecule has 4 heteroatoms.